The zero-order chi connectivity index (χ0) is 19.9. The van der Waals surface area contributed by atoms with Gasteiger partial charge in [-0.3, -0.25) is 0 Å². The number of hydrogen-bond donors (Lipinski definition) is 4. The number of hydrogen-bond acceptors (Lipinski definition) is 4. The van der Waals surface area contributed by atoms with Gasteiger partial charge in [-0.05, 0) is 37.5 Å². The molecule has 27 heavy (non-hydrogen) atoms. The van der Waals surface area contributed by atoms with Crippen molar-refractivity contribution in [2.24, 2.45) is 7.05 Å². The van der Waals surface area contributed by atoms with E-state index < -0.39 is 27.8 Å². The zero-order valence-electron chi connectivity index (χ0n) is 15.1. The molecule has 3 atom stereocenters. The van der Waals surface area contributed by atoms with Gasteiger partial charge in [-0.15, -0.1) is 0 Å². The summed E-state index contributed by atoms with van der Waals surface area (Å²) in [6.45, 7) is 5.68. The lowest BCUT2D eigenvalue weighted by atomic mass is 10.0. The molecule has 2 heterocycles. The van der Waals surface area contributed by atoms with Gasteiger partial charge in [0.05, 0.1) is 10.6 Å². The van der Waals surface area contributed by atoms with Gasteiger partial charge in [-0.25, -0.2) is 22.5 Å². The van der Waals surface area contributed by atoms with E-state index in [2.05, 4.69) is 16.6 Å². The lowest BCUT2D eigenvalue weighted by Crippen LogP contribution is -2.33. The second-order valence-corrected chi connectivity index (χ2v) is 8.54. The first-order chi connectivity index (χ1) is 12.6. The average molecular weight is 396 g/mol. The SMILES string of the molecule is C=C(C)[C@H]1CCc2c(cn(C)c2C(O)Nc2ccc(F)c(F)c2)S(=N)(=O)N1. The van der Waals surface area contributed by atoms with Crippen LogP contribution in [0.5, 0.6) is 0 Å². The number of aliphatic hydroxyl groups excluding tert-OH is 1. The Balaban J connectivity index is 1.97. The molecule has 6 nitrogen and oxygen atoms in total. The molecule has 2 aromatic rings. The van der Waals surface area contributed by atoms with Gasteiger partial charge in [-0.1, -0.05) is 12.2 Å². The molecule has 0 amide bonds. The molecule has 0 spiro atoms. The quantitative estimate of drug-likeness (QED) is 0.473. The molecule has 1 aromatic heterocycles. The maximum atomic E-state index is 13.4. The minimum atomic E-state index is -3.27. The summed E-state index contributed by atoms with van der Waals surface area (Å²) in [5.41, 5.74) is 2.02. The van der Waals surface area contributed by atoms with Crippen molar-refractivity contribution in [1.82, 2.24) is 9.29 Å². The van der Waals surface area contributed by atoms with E-state index in [0.717, 1.165) is 17.7 Å². The average Bonchev–Trinajstić information content (AvgIpc) is 2.85. The monoisotopic (exact) mass is 396 g/mol. The summed E-state index contributed by atoms with van der Waals surface area (Å²) in [4.78, 5) is 0.315. The van der Waals surface area contributed by atoms with Crippen LogP contribution in [-0.4, -0.2) is 19.9 Å². The first-order valence-electron chi connectivity index (χ1n) is 8.39. The maximum Gasteiger partial charge on any atom is 0.166 e. The smallest absolute Gasteiger partial charge is 0.166 e. The van der Waals surface area contributed by atoms with Gasteiger partial charge in [0, 0.05) is 31.0 Å². The Labute approximate surface area is 157 Å². The number of halogens is 2. The lowest BCUT2D eigenvalue weighted by molar-refractivity contribution is 0.198. The topological polar surface area (TPSA) is 90.1 Å². The lowest BCUT2D eigenvalue weighted by Gasteiger charge is -2.18. The normalized spacial score (nSPS) is 23.4. The van der Waals surface area contributed by atoms with E-state index in [1.54, 1.807) is 17.8 Å². The van der Waals surface area contributed by atoms with Crippen LogP contribution in [-0.2, 0) is 23.4 Å². The third-order valence-corrected chi connectivity index (χ3v) is 6.26. The van der Waals surface area contributed by atoms with Gasteiger partial charge in [0.1, 0.15) is 9.92 Å². The van der Waals surface area contributed by atoms with Crippen LogP contribution in [0.3, 0.4) is 0 Å². The summed E-state index contributed by atoms with van der Waals surface area (Å²) < 4.78 is 52.1. The minimum absolute atomic E-state index is 0.203. The summed E-state index contributed by atoms with van der Waals surface area (Å²) in [6.07, 6.45) is 1.37. The summed E-state index contributed by atoms with van der Waals surface area (Å²) in [7, 11) is -1.60. The molecule has 0 bridgehead atoms. The molecule has 0 radical (unpaired) electrons. The second-order valence-electron chi connectivity index (χ2n) is 6.76. The highest BCUT2D eigenvalue weighted by molar-refractivity contribution is 7.90. The Morgan fingerprint density at radius 3 is 2.81 bits per heavy atom. The number of nitrogens with one attached hydrogen (secondary N) is 3. The van der Waals surface area contributed by atoms with Crippen molar-refractivity contribution in [2.45, 2.75) is 36.9 Å². The fraction of sp³-hybridized carbons (Fsp3) is 0.333. The van der Waals surface area contributed by atoms with Crippen molar-refractivity contribution in [3.63, 3.8) is 0 Å². The van der Waals surface area contributed by atoms with Crippen LogP contribution in [0.4, 0.5) is 14.5 Å². The Hall–Kier alpha value is -2.23. The molecule has 1 aromatic carbocycles. The van der Waals surface area contributed by atoms with E-state index in [0.29, 0.717) is 29.0 Å². The third-order valence-electron chi connectivity index (χ3n) is 4.68. The van der Waals surface area contributed by atoms with Crippen LogP contribution in [0.2, 0.25) is 0 Å². The molecule has 0 saturated carbocycles. The van der Waals surface area contributed by atoms with Crippen molar-refractivity contribution < 1.29 is 18.1 Å². The number of rotatable bonds is 4. The van der Waals surface area contributed by atoms with Gasteiger partial charge < -0.3 is 15.0 Å². The molecule has 1 aliphatic rings. The third kappa shape index (κ3) is 3.76. The standard InChI is InChI=1S/C18H22F2N4O2S/c1-10(2)15-7-5-12-16(27(21,26)23-15)9-24(3)17(12)18(25)22-11-4-6-13(19)14(20)8-11/h4,6,8-9,15,18,22,25H,1,5,7H2,2-3H3,(H2,21,23,26)/t15-,18?,27?/m1/s1. The number of fused-ring (bicyclic) bond motifs is 1. The van der Waals surface area contributed by atoms with E-state index >= 15 is 0 Å². The molecule has 4 N–H and O–H groups in total. The fourth-order valence-electron chi connectivity index (χ4n) is 3.29. The first kappa shape index (κ1) is 19.5. The molecule has 0 saturated heterocycles. The Bertz CT molecular complexity index is 1000. The van der Waals surface area contributed by atoms with Gasteiger partial charge in [0.25, 0.3) is 0 Å². The van der Waals surface area contributed by atoms with E-state index in [4.69, 9.17) is 4.78 Å². The predicted octanol–water partition coefficient (Wildman–Crippen LogP) is 3.21. The van der Waals surface area contributed by atoms with Crippen molar-refractivity contribution in [2.75, 3.05) is 5.32 Å². The van der Waals surface area contributed by atoms with Gasteiger partial charge in [-0.2, -0.15) is 0 Å². The van der Waals surface area contributed by atoms with E-state index in [9.17, 15) is 18.1 Å². The number of benzene rings is 1. The predicted molar refractivity (Wildman–Crippen MR) is 99.5 cm³/mol. The number of aryl methyl sites for hydroxylation is 1. The van der Waals surface area contributed by atoms with Crippen molar-refractivity contribution in [3.05, 3.63) is 59.4 Å². The molecular weight excluding hydrogens is 374 g/mol. The molecule has 9 heteroatoms. The highest BCUT2D eigenvalue weighted by Crippen LogP contribution is 2.32. The van der Waals surface area contributed by atoms with Gasteiger partial charge in [0.15, 0.2) is 17.9 Å². The highest BCUT2D eigenvalue weighted by Gasteiger charge is 2.31. The number of anilines is 1. The summed E-state index contributed by atoms with van der Waals surface area (Å²) in [5, 5.41) is 13.4. The fourth-order valence-corrected chi connectivity index (χ4v) is 5.00. The second kappa shape index (κ2) is 7.06. The Morgan fingerprint density at radius 1 is 1.48 bits per heavy atom. The molecule has 2 unspecified atom stereocenters. The number of nitrogens with zero attached hydrogens (tertiary/aromatic N) is 1. The van der Waals surface area contributed by atoms with Crippen LogP contribution < -0.4 is 10.0 Å². The van der Waals surface area contributed by atoms with E-state index in [-0.39, 0.29) is 11.7 Å². The minimum Gasteiger partial charge on any atom is -0.368 e. The van der Waals surface area contributed by atoms with Gasteiger partial charge in [0.2, 0.25) is 0 Å². The van der Waals surface area contributed by atoms with Crippen molar-refractivity contribution in [1.29, 1.82) is 4.78 Å². The van der Waals surface area contributed by atoms with Crippen LogP contribution >= 0.6 is 0 Å². The van der Waals surface area contributed by atoms with Crippen LogP contribution in [0.15, 0.2) is 41.4 Å². The summed E-state index contributed by atoms with van der Waals surface area (Å²) in [6, 6.07) is 2.97. The van der Waals surface area contributed by atoms with Crippen molar-refractivity contribution in [3.8, 4) is 0 Å². The molecular formula is C18H22F2N4O2S. The van der Waals surface area contributed by atoms with Crippen LogP contribution in [0, 0.1) is 16.4 Å². The van der Waals surface area contributed by atoms with Crippen LogP contribution in [0.1, 0.15) is 30.8 Å². The zero-order valence-corrected chi connectivity index (χ0v) is 15.9. The van der Waals surface area contributed by atoms with E-state index in [1.165, 1.54) is 6.07 Å². The maximum absolute atomic E-state index is 13.4. The Morgan fingerprint density at radius 2 is 2.19 bits per heavy atom. The summed E-state index contributed by atoms with van der Waals surface area (Å²) >= 11 is 0. The number of aliphatic hydroxyl groups is 1. The molecule has 1 aliphatic heterocycles. The molecule has 146 valence electrons. The summed E-state index contributed by atoms with van der Waals surface area (Å²) in [5.74, 6) is -2.01. The Kier molecular flexibility index (Phi) is 5.11. The first-order valence-corrected chi connectivity index (χ1v) is 9.95. The number of aromatic nitrogens is 1. The molecule has 3 rings (SSSR count). The van der Waals surface area contributed by atoms with E-state index in [1.807, 2.05) is 6.92 Å². The van der Waals surface area contributed by atoms with Crippen molar-refractivity contribution >= 4 is 15.6 Å². The molecule has 0 aliphatic carbocycles. The molecule has 0 fully saturated rings. The van der Waals surface area contributed by atoms with Gasteiger partial charge >= 0.3 is 0 Å². The van der Waals surface area contributed by atoms with Crippen LogP contribution in [0.25, 0.3) is 0 Å². The highest BCUT2D eigenvalue weighted by atomic mass is 32.2. The largest absolute Gasteiger partial charge is 0.368 e.